The van der Waals surface area contributed by atoms with E-state index in [9.17, 15) is 4.79 Å². The summed E-state index contributed by atoms with van der Waals surface area (Å²) in [7, 11) is 3.85. The highest BCUT2D eigenvalue weighted by atomic mass is 16.1. The third-order valence-corrected chi connectivity index (χ3v) is 2.58. The molecule has 0 radical (unpaired) electrons. The first-order chi connectivity index (χ1) is 6.97. The van der Waals surface area contributed by atoms with E-state index in [-0.39, 0.29) is 11.9 Å². The third kappa shape index (κ3) is 7.33. The maximum absolute atomic E-state index is 11.0. The Kier molecular flexibility index (Phi) is 7.34. The van der Waals surface area contributed by atoms with Crippen molar-refractivity contribution in [2.45, 2.75) is 32.7 Å². The van der Waals surface area contributed by atoms with Crippen molar-refractivity contribution in [1.29, 1.82) is 0 Å². The van der Waals surface area contributed by atoms with E-state index < -0.39 is 0 Å². The molecule has 0 aromatic carbocycles. The van der Waals surface area contributed by atoms with Crippen LogP contribution in [0.25, 0.3) is 0 Å². The lowest BCUT2D eigenvalue weighted by Gasteiger charge is -2.20. The van der Waals surface area contributed by atoms with E-state index in [0.717, 1.165) is 25.4 Å². The Morgan fingerprint density at radius 3 is 2.27 bits per heavy atom. The molecule has 3 N–H and O–H groups in total. The summed E-state index contributed by atoms with van der Waals surface area (Å²) in [5, 5.41) is 2.92. The van der Waals surface area contributed by atoms with E-state index in [2.05, 4.69) is 31.1 Å². The van der Waals surface area contributed by atoms with Gasteiger partial charge in [0.15, 0.2) is 0 Å². The molecule has 1 amide bonds. The highest BCUT2D eigenvalue weighted by molar-refractivity contribution is 5.79. The second-order valence-corrected chi connectivity index (χ2v) is 4.52. The number of nitrogens with one attached hydrogen (secondary N) is 1. The van der Waals surface area contributed by atoms with Crippen molar-refractivity contribution in [3.63, 3.8) is 0 Å². The molecule has 0 aromatic rings. The highest BCUT2D eigenvalue weighted by Crippen LogP contribution is 2.01. The Labute approximate surface area is 93.2 Å². The SMILES string of the molecule is CNC(CCN(C)CCC(C)C)C(N)=O. The zero-order valence-electron chi connectivity index (χ0n) is 10.4. The average Bonchev–Trinajstić information content (AvgIpc) is 2.15. The molecule has 1 atom stereocenters. The van der Waals surface area contributed by atoms with Gasteiger partial charge in [-0.15, -0.1) is 0 Å². The van der Waals surface area contributed by atoms with Gasteiger partial charge in [-0.3, -0.25) is 4.79 Å². The fraction of sp³-hybridized carbons (Fsp3) is 0.909. The normalized spacial score (nSPS) is 13.5. The Hall–Kier alpha value is -0.610. The summed E-state index contributed by atoms with van der Waals surface area (Å²) in [6, 6.07) is -0.202. The van der Waals surface area contributed by atoms with Crippen LogP contribution in [0.15, 0.2) is 0 Å². The topological polar surface area (TPSA) is 58.4 Å². The van der Waals surface area contributed by atoms with Gasteiger partial charge in [0.2, 0.25) is 5.91 Å². The van der Waals surface area contributed by atoms with Crippen molar-refractivity contribution in [1.82, 2.24) is 10.2 Å². The average molecular weight is 215 g/mol. The lowest BCUT2D eigenvalue weighted by atomic mass is 10.1. The van der Waals surface area contributed by atoms with Gasteiger partial charge in [-0.25, -0.2) is 0 Å². The molecule has 0 saturated heterocycles. The Morgan fingerprint density at radius 1 is 1.33 bits per heavy atom. The van der Waals surface area contributed by atoms with Crippen LogP contribution in [0.3, 0.4) is 0 Å². The first kappa shape index (κ1) is 14.4. The molecule has 0 aliphatic rings. The predicted molar refractivity (Wildman–Crippen MR) is 63.6 cm³/mol. The number of hydrogen-bond acceptors (Lipinski definition) is 3. The third-order valence-electron chi connectivity index (χ3n) is 2.58. The predicted octanol–water partition coefficient (Wildman–Crippen LogP) is 0.428. The molecule has 0 fully saturated rings. The van der Waals surface area contributed by atoms with Crippen molar-refractivity contribution < 1.29 is 4.79 Å². The van der Waals surface area contributed by atoms with Gasteiger partial charge in [0.05, 0.1) is 6.04 Å². The molecule has 0 aliphatic carbocycles. The van der Waals surface area contributed by atoms with Gasteiger partial charge in [-0.1, -0.05) is 13.8 Å². The summed E-state index contributed by atoms with van der Waals surface area (Å²) in [6.07, 6.45) is 1.97. The summed E-state index contributed by atoms with van der Waals surface area (Å²) in [6.45, 7) is 6.41. The standard InChI is InChI=1S/C11H25N3O/c1-9(2)5-7-14(4)8-6-10(13-3)11(12)15/h9-10,13H,5-8H2,1-4H3,(H2,12,15). The molecule has 0 spiro atoms. The Morgan fingerprint density at radius 2 is 1.87 bits per heavy atom. The van der Waals surface area contributed by atoms with Crippen molar-refractivity contribution >= 4 is 5.91 Å². The molecule has 0 heterocycles. The number of carbonyl (C=O) groups excluding carboxylic acids is 1. The summed E-state index contributed by atoms with van der Waals surface area (Å²) >= 11 is 0. The zero-order valence-corrected chi connectivity index (χ0v) is 10.4. The molecule has 4 nitrogen and oxygen atoms in total. The van der Waals surface area contributed by atoms with Gasteiger partial charge in [0.1, 0.15) is 0 Å². The van der Waals surface area contributed by atoms with Gasteiger partial charge in [0.25, 0.3) is 0 Å². The van der Waals surface area contributed by atoms with Crippen LogP contribution in [-0.4, -0.2) is 44.0 Å². The molecule has 0 aromatic heterocycles. The number of amides is 1. The van der Waals surface area contributed by atoms with Gasteiger partial charge in [0, 0.05) is 0 Å². The lowest BCUT2D eigenvalue weighted by molar-refractivity contribution is -0.120. The van der Waals surface area contributed by atoms with E-state index in [4.69, 9.17) is 5.73 Å². The highest BCUT2D eigenvalue weighted by Gasteiger charge is 2.12. The van der Waals surface area contributed by atoms with E-state index in [0.29, 0.717) is 0 Å². The number of nitrogens with zero attached hydrogens (tertiary/aromatic N) is 1. The minimum atomic E-state index is -0.269. The summed E-state index contributed by atoms with van der Waals surface area (Å²) in [5.74, 6) is 0.457. The van der Waals surface area contributed by atoms with Crippen molar-refractivity contribution in [2.24, 2.45) is 11.7 Å². The molecular formula is C11H25N3O. The largest absolute Gasteiger partial charge is 0.368 e. The fourth-order valence-corrected chi connectivity index (χ4v) is 1.37. The van der Waals surface area contributed by atoms with E-state index in [1.807, 2.05) is 0 Å². The van der Waals surface area contributed by atoms with Crippen molar-refractivity contribution in [3.8, 4) is 0 Å². The maximum Gasteiger partial charge on any atom is 0.234 e. The molecular weight excluding hydrogens is 190 g/mol. The molecule has 0 rings (SSSR count). The summed E-state index contributed by atoms with van der Waals surface area (Å²) in [5.41, 5.74) is 5.24. The summed E-state index contributed by atoms with van der Waals surface area (Å²) < 4.78 is 0. The minimum Gasteiger partial charge on any atom is -0.368 e. The van der Waals surface area contributed by atoms with E-state index >= 15 is 0 Å². The van der Waals surface area contributed by atoms with Crippen molar-refractivity contribution in [3.05, 3.63) is 0 Å². The lowest BCUT2D eigenvalue weighted by Crippen LogP contribution is -2.41. The van der Waals surface area contributed by atoms with Gasteiger partial charge >= 0.3 is 0 Å². The number of carbonyl (C=O) groups is 1. The Bertz CT molecular complexity index is 183. The van der Waals surface area contributed by atoms with Crippen LogP contribution in [-0.2, 0) is 4.79 Å². The molecule has 4 heteroatoms. The minimum absolute atomic E-state index is 0.202. The fourth-order valence-electron chi connectivity index (χ4n) is 1.37. The van der Waals surface area contributed by atoms with Crippen LogP contribution in [0.1, 0.15) is 26.7 Å². The van der Waals surface area contributed by atoms with Crippen LogP contribution in [0.2, 0.25) is 0 Å². The molecule has 1 unspecified atom stereocenters. The van der Waals surface area contributed by atoms with Crippen LogP contribution in [0.5, 0.6) is 0 Å². The van der Waals surface area contributed by atoms with E-state index in [1.165, 1.54) is 6.42 Å². The number of primary amides is 1. The van der Waals surface area contributed by atoms with Gasteiger partial charge < -0.3 is 16.0 Å². The van der Waals surface area contributed by atoms with Crippen LogP contribution in [0.4, 0.5) is 0 Å². The molecule has 15 heavy (non-hydrogen) atoms. The second-order valence-electron chi connectivity index (χ2n) is 4.52. The Balaban J connectivity index is 3.68. The number of hydrogen-bond donors (Lipinski definition) is 2. The van der Waals surface area contributed by atoms with Crippen LogP contribution >= 0.6 is 0 Å². The van der Waals surface area contributed by atoms with Gasteiger partial charge in [-0.2, -0.15) is 0 Å². The number of nitrogens with two attached hydrogens (primary N) is 1. The van der Waals surface area contributed by atoms with Crippen LogP contribution in [0, 0.1) is 5.92 Å². The molecule has 0 aliphatic heterocycles. The second kappa shape index (κ2) is 7.65. The number of likely N-dealkylation sites (N-methyl/N-ethyl adjacent to an activating group) is 1. The molecule has 0 bridgehead atoms. The first-order valence-corrected chi connectivity index (χ1v) is 5.62. The van der Waals surface area contributed by atoms with E-state index in [1.54, 1.807) is 7.05 Å². The first-order valence-electron chi connectivity index (χ1n) is 5.62. The van der Waals surface area contributed by atoms with Crippen LogP contribution < -0.4 is 11.1 Å². The van der Waals surface area contributed by atoms with Crippen molar-refractivity contribution in [2.75, 3.05) is 27.2 Å². The molecule has 90 valence electrons. The maximum atomic E-state index is 11.0. The quantitative estimate of drug-likeness (QED) is 0.617. The number of rotatable bonds is 8. The summed E-state index contributed by atoms with van der Waals surface area (Å²) in [4.78, 5) is 13.2. The monoisotopic (exact) mass is 215 g/mol. The smallest absolute Gasteiger partial charge is 0.234 e. The van der Waals surface area contributed by atoms with Gasteiger partial charge in [-0.05, 0) is 45.9 Å². The zero-order chi connectivity index (χ0) is 11.8. The molecule has 0 saturated carbocycles.